The second-order valence-corrected chi connectivity index (χ2v) is 7.94. The molecule has 0 aliphatic rings. The van der Waals surface area contributed by atoms with Crippen LogP contribution in [0.2, 0.25) is 0 Å². The number of aromatic amines is 1. The number of carbonyl (C=O) groups excluding carboxylic acids is 1. The minimum absolute atomic E-state index is 0.125. The number of nitrogens with zero attached hydrogens (tertiary/aromatic N) is 1. The van der Waals surface area contributed by atoms with Gasteiger partial charge in [-0.25, -0.2) is 0 Å². The molecule has 0 atom stereocenters. The van der Waals surface area contributed by atoms with Crippen molar-refractivity contribution in [2.75, 3.05) is 20.8 Å². The number of rotatable bonds is 10. The second-order valence-electron chi connectivity index (χ2n) is 7.55. The predicted molar refractivity (Wildman–Crippen MR) is 129 cm³/mol. The molecule has 7 nitrogen and oxygen atoms in total. The van der Waals surface area contributed by atoms with Crippen LogP contribution in [-0.2, 0) is 13.0 Å². The third-order valence-electron chi connectivity index (χ3n) is 5.38. The number of benzene rings is 2. The van der Waals surface area contributed by atoms with Crippen molar-refractivity contribution >= 4 is 29.0 Å². The van der Waals surface area contributed by atoms with Gasteiger partial charge in [-0.1, -0.05) is 25.8 Å². The van der Waals surface area contributed by atoms with Gasteiger partial charge in [-0.2, -0.15) is 0 Å². The minimum atomic E-state index is -0.209. The summed E-state index contributed by atoms with van der Waals surface area (Å²) in [4.78, 5) is 28.5. The molecule has 0 bridgehead atoms. The number of amides is 1. The molecule has 1 heterocycles. The van der Waals surface area contributed by atoms with Gasteiger partial charge in [0.15, 0.2) is 16.3 Å². The van der Waals surface area contributed by atoms with Crippen LogP contribution in [0.3, 0.4) is 0 Å². The summed E-state index contributed by atoms with van der Waals surface area (Å²) >= 11 is 5.38. The Bertz CT molecular complexity index is 1220. The molecule has 0 fully saturated rings. The fraction of sp³-hybridized carbons (Fsp3) is 0.375. The highest BCUT2D eigenvalue weighted by Crippen LogP contribution is 2.27. The van der Waals surface area contributed by atoms with Gasteiger partial charge in [0.25, 0.3) is 11.5 Å². The Morgan fingerprint density at radius 1 is 1.09 bits per heavy atom. The zero-order valence-electron chi connectivity index (χ0n) is 18.7. The van der Waals surface area contributed by atoms with Crippen molar-refractivity contribution in [1.82, 2.24) is 14.9 Å². The molecule has 1 amide bonds. The first-order valence-electron chi connectivity index (χ1n) is 10.7. The van der Waals surface area contributed by atoms with Crippen molar-refractivity contribution < 1.29 is 14.3 Å². The van der Waals surface area contributed by atoms with Crippen molar-refractivity contribution in [1.29, 1.82) is 0 Å². The number of H-pyrrole nitrogens is 1. The highest BCUT2D eigenvalue weighted by molar-refractivity contribution is 7.71. The van der Waals surface area contributed by atoms with E-state index in [0.717, 1.165) is 24.8 Å². The fourth-order valence-corrected chi connectivity index (χ4v) is 3.86. The number of hydrogen-bond acceptors (Lipinski definition) is 5. The van der Waals surface area contributed by atoms with Crippen molar-refractivity contribution in [2.45, 2.75) is 39.2 Å². The molecule has 2 N–H and O–H groups in total. The van der Waals surface area contributed by atoms with Crippen LogP contribution in [0.1, 0.15) is 42.1 Å². The smallest absolute Gasteiger partial charge is 0.262 e. The van der Waals surface area contributed by atoms with Crippen LogP contribution in [-0.4, -0.2) is 36.2 Å². The average molecular weight is 456 g/mol. The summed E-state index contributed by atoms with van der Waals surface area (Å²) in [6, 6.07) is 10.7. The molecule has 0 radical (unpaired) electrons. The van der Waals surface area contributed by atoms with Crippen LogP contribution < -0.4 is 20.3 Å². The highest BCUT2D eigenvalue weighted by Gasteiger charge is 2.11. The summed E-state index contributed by atoms with van der Waals surface area (Å²) in [5.74, 6) is 1.11. The Kier molecular flexibility index (Phi) is 8.05. The molecular weight excluding hydrogens is 426 g/mol. The highest BCUT2D eigenvalue weighted by atomic mass is 32.1. The third kappa shape index (κ3) is 5.37. The molecule has 3 aromatic rings. The quantitative estimate of drug-likeness (QED) is 0.353. The number of unbranched alkanes of at least 4 members (excludes halogenated alkanes) is 2. The molecule has 0 saturated heterocycles. The number of methoxy groups -OCH3 is 2. The number of carbonyl (C=O) groups is 1. The number of aromatic nitrogens is 2. The number of hydrogen-bond donors (Lipinski definition) is 2. The van der Waals surface area contributed by atoms with E-state index in [2.05, 4.69) is 17.2 Å². The molecule has 0 unspecified atom stereocenters. The van der Waals surface area contributed by atoms with Gasteiger partial charge in [0, 0.05) is 18.7 Å². The lowest BCUT2D eigenvalue weighted by Gasteiger charge is -2.11. The summed E-state index contributed by atoms with van der Waals surface area (Å²) in [6.07, 6.45) is 3.66. The van der Waals surface area contributed by atoms with E-state index in [9.17, 15) is 9.59 Å². The van der Waals surface area contributed by atoms with Crippen LogP contribution in [0, 0.1) is 4.77 Å². The molecule has 1 aromatic heterocycles. The summed E-state index contributed by atoms with van der Waals surface area (Å²) in [5, 5.41) is 3.44. The van der Waals surface area contributed by atoms with E-state index in [-0.39, 0.29) is 11.5 Å². The van der Waals surface area contributed by atoms with E-state index in [4.69, 9.17) is 21.7 Å². The summed E-state index contributed by atoms with van der Waals surface area (Å²) in [6.45, 7) is 3.17. The lowest BCUT2D eigenvalue weighted by Crippen LogP contribution is -2.26. The number of nitrogens with one attached hydrogen (secondary N) is 2. The van der Waals surface area contributed by atoms with Crippen molar-refractivity contribution in [3.05, 3.63) is 62.6 Å². The Labute approximate surface area is 192 Å². The molecule has 3 rings (SSSR count). The second kappa shape index (κ2) is 10.9. The number of ether oxygens (including phenoxy) is 2. The maximum absolute atomic E-state index is 12.8. The van der Waals surface area contributed by atoms with E-state index in [1.54, 1.807) is 37.0 Å². The number of fused-ring (bicyclic) bond motifs is 1. The topological polar surface area (TPSA) is 85.3 Å². The Morgan fingerprint density at radius 2 is 1.88 bits per heavy atom. The van der Waals surface area contributed by atoms with Crippen LogP contribution >= 0.6 is 12.2 Å². The maximum atomic E-state index is 12.8. The van der Waals surface area contributed by atoms with Crippen molar-refractivity contribution in [2.24, 2.45) is 0 Å². The van der Waals surface area contributed by atoms with E-state index in [1.807, 2.05) is 18.2 Å². The first-order valence-corrected chi connectivity index (χ1v) is 11.1. The largest absolute Gasteiger partial charge is 0.493 e. The van der Waals surface area contributed by atoms with Gasteiger partial charge in [0.2, 0.25) is 0 Å². The predicted octanol–water partition coefficient (Wildman–Crippen LogP) is 4.24. The van der Waals surface area contributed by atoms with Gasteiger partial charge in [0.1, 0.15) is 0 Å². The fourth-order valence-electron chi connectivity index (χ4n) is 3.58. The van der Waals surface area contributed by atoms with Gasteiger partial charge in [-0.3, -0.25) is 14.2 Å². The Hall–Kier alpha value is -3.13. The van der Waals surface area contributed by atoms with Crippen LogP contribution in [0.5, 0.6) is 11.5 Å². The summed E-state index contributed by atoms with van der Waals surface area (Å²) in [7, 11) is 3.18. The van der Waals surface area contributed by atoms with E-state index < -0.39 is 0 Å². The SMILES string of the molecule is CCCCCn1c(=S)[nH]c2cc(C(=O)NCCc3ccc(OC)c(OC)c3)ccc2c1=O. The molecule has 32 heavy (non-hydrogen) atoms. The van der Waals surface area contributed by atoms with Gasteiger partial charge in [-0.15, -0.1) is 0 Å². The molecule has 2 aromatic carbocycles. The van der Waals surface area contributed by atoms with Crippen LogP contribution in [0.15, 0.2) is 41.2 Å². The normalized spacial score (nSPS) is 10.8. The standard InChI is InChI=1S/C24H29N3O4S/c1-4-5-6-13-27-23(29)18-9-8-17(15-19(18)26-24(27)32)22(28)25-12-11-16-7-10-20(30-2)21(14-16)31-3/h7-10,14-15H,4-6,11-13H2,1-3H3,(H,25,28)(H,26,32). The van der Waals surface area contributed by atoms with E-state index in [1.165, 1.54) is 0 Å². The first-order chi connectivity index (χ1) is 15.5. The first kappa shape index (κ1) is 23.5. The van der Waals surface area contributed by atoms with Gasteiger partial charge < -0.3 is 19.8 Å². The van der Waals surface area contributed by atoms with Crippen molar-refractivity contribution in [3.63, 3.8) is 0 Å². The van der Waals surface area contributed by atoms with Crippen LogP contribution in [0.4, 0.5) is 0 Å². The summed E-state index contributed by atoms with van der Waals surface area (Å²) < 4.78 is 12.5. The Balaban J connectivity index is 1.70. The van der Waals surface area contributed by atoms with Gasteiger partial charge in [0.05, 0.1) is 25.1 Å². The monoisotopic (exact) mass is 455 g/mol. The van der Waals surface area contributed by atoms with Gasteiger partial charge >= 0.3 is 0 Å². The van der Waals surface area contributed by atoms with Gasteiger partial charge in [-0.05, 0) is 61.0 Å². The molecule has 170 valence electrons. The molecule has 0 aliphatic carbocycles. The van der Waals surface area contributed by atoms with Crippen molar-refractivity contribution in [3.8, 4) is 11.5 Å². The lowest BCUT2D eigenvalue weighted by molar-refractivity contribution is 0.0954. The zero-order chi connectivity index (χ0) is 23.1. The molecular formula is C24H29N3O4S. The molecule has 0 aliphatic heterocycles. The zero-order valence-corrected chi connectivity index (χ0v) is 19.5. The average Bonchev–Trinajstić information content (AvgIpc) is 2.80. The van der Waals surface area contributed by atoms with E-state index in [0.29, 0.717) is 52.2 Å². The Morgan fingerprint density at radius 3 is 2.59 bits per heavy atom. The third-order valence-corrected chi connectivity index (χ3v) is 5.70. The molecule has 8 heteroatoms. The van der Waals surface area contributed by atoms with Crippen LogP contribution in [0.25, 0.3) is 10.9 Å². The van der Waals surface area contributed by atoms with E-state index >= 15 is 0 Å². The molecule has 0 spiro atoms. The maximum Gasteiger partial charge on any atom is 0.262 e. The minimum Gasteiger partial charge on any atom is -0.493 e. The lowest BCUT2D eigenvalue weighted by atomic mass is 10.1. The summed E-state index contributed by atoms with van der Waals surface area (Å²) in [5.41, 5.74) is 1.94. The molecule has 0 saturated carbocycles.